The molecule has 0 aliphatic heterocycles. The van der Waals surface area contributed by atoms with E-state index in [0.29, 0.717) is 33.8 Å². The van der Waals surface area contributed by atoms with E-state index in [1.165, 1.54) is 12.1 Å². The van der Waals surface area contributed by atoms with Crippen LogP contribution in [0.3, 0.4) is 0 Å². The molecule has 7 nitrogen and oxygen atoms in total. The van der Waals surface area contributed by atoms with Gasteiger partial charge in [0.05, 0.1) is 29.5 Å². The van der Waals surface area contributed by atoms with Crippen LogP contribution in [0.25, 0.3) is 10.9 Å². The zero-order valence-corrected chi connectivity index (χ0v) is 17.9. The van der Waals surface area contributed by atoms with Gasteiger partial charge >= 0.3 is 0 Å². The molecule has 4 rings (SSSR count). The number of rotatable bonds is 7. The molecule has 0 spiro atoms. The molecular formula is C22H17Cl2N3O4. The van der Waals surface area contributed by atoms with Gasteiger partial charge in [0.15, 0.2) is 0 Å². The normalized spacial score (nSPS) is 10.9. The number of benzene rings is 3. The van der Waals surface area contributed by atoms with Crippen molar-refractivity contribution in [1.29, 1.82) is 0 Å². The molecule has 0 aliphatic rings. The third-order valence-corrected chi connectivity index (χ3v) is 5.50. The summed E-state index contributed by atoms with van der Waals surface area (Å²) >= 11 is 12.5. The van der Waals surface area contributed by atoms with E-state index in [1.54, 1.807) is 36.1 Å². The first-order valence-corrected chi connectivity index (χ1v) is 10.1. The van der Waals surface area contributed by atoms with Gasteiger partial charge in [0, 0.05) is 27.7 Å². The third-order valence-electron chi connectivity index (χ3n) is 4.79. The van der Waals surface area contributed by atoms with Crippen LogP contribution in [0.4, 0.5) is 5.69 Å². The van der Waals surface area contributed by atoms with Crippen LogP contribution in [0.15, 0.2) is 60.7 Å². The van der Waals surface area contributed by atoms with Gasteiger partial charge in [0.25, 0.3) is 5.69 Å². The number of ether oxygens (including phenoxy) is 2. The lowest BCUT2D eigenvalue weighted by Crippen LogP contribution is -2.03. The van der Waals surface area contributed by atoms with E-state index in [2.05, 4.69) is 5.10 Å². The molecule has 0 atom stereocenters. The van der Waals surface area contributed by atoms with E-state index in [-0.39, 0.29) is 12.3 Å². The number of nitro groups is 1. The molecule has 0 saturated carbocycles. The fraction of sp³-hybridized carbons (Fsp3) is 0.136. The Bertz CT molecular complexity index is 1250. The van der Waals surface area contributed by atoms with Crippen LogP contribution >= 0.6 is 23.2 Å². The Balaban J connectivity index is 1.70. The molecule has 1 aromatic heterocycles. The zero-order valence-electron chi connectivity index (χ0n) is 16.4. The number of halogens is 2. The monoisotopic (exact) mass is 457 g/mol. The smallest absolute Gasteiger partial charge is 0.269 e. The Morgan fingerprint density at radius 3 is 2.52 bits per heavy atom. The van der Waals surface area contributed by atoms with E-state index in [0.717, 1.165) is 16.5 Å². The minimum absolute atomic E-state index is 0.0282. The Morgan fingerprint density at radius 2 is 1.81 bits per heavy atom. The second-order valence-electron chi connectivity index (χ2n) is 6.76. The van der Waals surface area contributed by atoms with Crippen molar-refractivity contribution in [2.45, 2.75) is 13.2 Å². The topological polar surface area (TPSA) is 79.4 Å². The van der Waals surface area contributed by atoms with Gasteiger partial charge in [-0.2, -0.15) is 0 Å². The Labute approximate surface area is 187 Å². The van der Waals surface area contributed by atoms with Gasteiger partial charge in [-0.1, -0.05) is 41.4 Å². The van der Waals surface area contributed by atoms with E-state index in [1.807, 2.05) is 24.3 Å². The molecule has 0 saturated heterocycles. The third kappa shape index (κ3) is 4.42. The Morgan fingerprint density at radius 1 is 1.06 bits per heavy atom. The summed E-state index contributed by atoms with van der Waals surface area (Å²) in [6.45, 7) is 0.472. The summed E-state index contributed by atoms with van der Waals surface area (Å²) in [4.78, 5) is 10.7. The number of nitro benzene ring substituents is 1. The highest BCUT2D eigenvalue weighted by Gasteiger charge is 2.16. The van der Waals surface area contributed by atoms with E-state index in [9.17, 15) is 10.1 Å². The zero-order chi connectivity index (χ0) is 22.0. The molecule has 0 fully saturated rings. The number of nitrogens with zero attached hydrogens (tertiary/aromatic N) is 3. The maximum atomic E-state index is 11.1. The second-order valence-corrected chi connectivity index (χ2v) is 7.58. The summed E-state index contributed by atoms with van der Waals surface area (Å²) in [5, 5.41) is 17.4. The molecule has 31 heavy (non-hydrogen) atoms. The SMILES string of the molecule is COc1ccc2c(c1)c(OCc1c(Cl)cccc1Cl)nn2Cc1cccc([N+](=O)[O-])c1. The predicted octanol–water partition coefficient (Wildman–Crippen LogP) is 5.89. The van der Waals surface area contributed by atoms with E-state index < -0.39 is 4.92 Å². The van der Waals surface area contributed by atoms with E-state index >= 15 is 0 Å². The van der Waals surface area contributed by atoms with Gasteiger partial charge in [0.1, 0.15) is 12.4 Å². The van der Waals surface area contributed by atoms with Crippen LogP contribution in [-0.2, 0) is 13.2 Å². The highest BCUT2D eigenvalue weighted by Crippen LogP contribution is 2.32. The average molecular weight is 458 g/mol. The molecule has 1 heterocycles. The summed E-state index contributed by atoms with van der Waals surface area (Å²) in [7, 11) is 1.58. The largest absolute Gasteiger partial charge is 0.497 e. The van der Waals surface area contributed by atoms with Gasteiger partial charge in [0.2, 0.25) is 5.88 Å². The lowest BCUT2D eigenvalue weighted by molar-refractivity contribution is -0.384. The van der Waals surface area contributed by atoms with Crippen LogP contribution in [-0.4, -0.2) is 21.8 Å². The summed E-state index contributed by atoms with van der Waals surface area (Å²) in [5.74, 6) is 1.04. The first kappa shape index (κ1) is 21.0. The molecule has 0 unspecified atom stereocenters. The van der Waals surface area contributed by atoms with Crippen LogP contribution < -0.4 is 9.47 Å². The standard InChI is InChI=1S/C22H17Cl2N3O4/c1-30-16-8-9-21-17(11-16)22(31-13-18-19(23)6-3-7-20(18)24)25-26(21)12-14-4-2-5-15(10-14)27(28)29/h2-11H,12-13H2,1H3. The Kier molecular flexibility index (Phi) is 5.97. The van der Waals surface area contributed by atoms with Gasteiger partial charge in [-0.3, -0.25) is 14.8 Å². The van der Waals surface area contributed by atoms with Gasteiger partial charge in [-0.05, 0) is 35.9 Å². The lowest BCUT2D eigenvalue weighted by Gasteiger charge is -2.08. The highest BCUT2D eigenvalue weighted by atomic mass is 35.5. The number of hydrogen-bond acceptors (Lipinski definition) is 5. The first-order chi connectivity index (χ1) is 15.0. The van der Waals surface area contributed by atoms with Crippen molar-refractivity contribution >= 4 is 39.8 Å². The van der Waals surface area contributed by atoms with Crippen LogP contribution in [0.5, 0.6) is 11.6 Å². The maximum absolute atomic E-state index is 11.1. The van der Waals surface area contributed by atoms with Crippen molar-refractivity contribution in [3.8, 4) is 11.6 Å². The molecule has 9 heteroatoms. The number of aromatic nitrogens is 2. The molecule has 3 aromatic carbocycles. The van der Waals surface area contributed by atoms with Crippen molar-refractivity contribution in [3.63, 3.8) is 0 Å². The summed E-state index contributed by atoms with van der Waals surface area (Å²) < 4.78 is 13.1. The fourth-order valence-electron chi connectivity index (χ4n) is 3.24. The maximum Gasteiger partial charge on any atom is 0.269 e. The fourth-order valence-corrected chi connectivity index (χ4v) is 3.74. The van der Waals surface area contributed by atoms with E-state index in [4.69, 9.17) is 32.7 Å². The molecule has 4 aromatic rings. The van der Waals surface area contributed by atoms with Crippen LogP contribution in [0, 0.1) is 10.1 Å². The first-order valence-electron chi connectivity index (χ1n) is 9.30. The number of fused-ring (bicyclic) bond motifs is 1. The second kappa shape index (κ2) is 8.83. The average Bonchev–Trinajstić information content (AvgIpc) is 3.10. The number of non-ortho nitro benzene ring substituents is 1. The lowest BCUT2D eigenvalue weighted by atomic mass is 10.2. The summed E-state index contributed by atoms with van der Waals surface area (Å²) in [6, 6.07) is 17.2. The van der Waals surface area contributed by atoms with Crippen molar-refractivity contribution in [2.24, 2.45) is 0 Å². The molecular weight excluding hydrogens is 441 g/mol. The summed E-state index contributed by atoms with van der Waals surface area (Å²) in [5.41, 5.74) is 2.23. The Hall–Kier alpha value is -3.29. The predicted molar refractivity (Wildman–Crippen MR) is 119 cm³/mol. The molecule has 0 amide bonds. The van der Waals surface area contributed by atoms with Gasteiger partial charge in [-0.15, -0.1) is 5.10 Å². The van der Waals surface area contributed by atoms with Crippen molar-refractivity contribution in [2.75, 3.05) is 7.11 Å². The molecule has 158 valence electrons. The van der Waals surface area contributed by atoms with Crippen molar-refractivity contribution in [3.05, 3.63) is 92.0 Å². The summed E-state index contributed by atoms with van der Waals surface area (Å²) in [6.07, 6.45) is 0. The van der Waals surface area contributed by atoms with Crippen molar-refractivity contribution in [1.82, 2.24) is 9.78 Å². The van der Waals surface area contributed by atoms with Crippen LogP contribution in [0.2, 0.25) is 10.0 Å². The molecule has 0 N–H and O–H groups in total. The quantitative estimate of drug-likeness (QED) is 0.255. The van der Waals surface area contributed by atoms with Gasteiger partial charge < -0.3 is 9.47 Å². The number of hydrogen-bond donors (Lipinski definition) is 0. The van der Waals surface area contributed by atoms with Crippen molar-refractivity contribution < 1.29 is 14.4 Å². The minimum atomic E-state index is -0.419. The van der Waals surface area contributed by atoms with Crippen LogP contribution in [0.1, 0.15) is 11.1 Å². The molecule has 0 radical (unpaired) electrons. The highest BCUT2D eigenvalue weighted by molar-refractivity contribution is 6.35. The molecule has 0 aliphatic carbocycles. The molecule has 0 bridgehead atoms. The minimum Gasteiger partial charge on any atom is -0.497 e. The number of methoxy groups -OCH3 is 1. The van der Waals surface area contributed by atoms with Gasteiger partial charge in [-0.25, -0.2) is 0 Å².